The fourth-order valence-electron chi connectivity index (χ4n) is 1.48. The summed E-state index contributed by atoms with van der Waals surface area (Å²) in [6.45, 7) is 3.41. The molecule has 0 saturated heterocycles. The van der Waals surface area contributed by atoms with E-state index in [2.05, 4.69) is 0 Å². The van der Waals surface area contributed by atoms with Gasteiger partial charge in [-0.3, -0.25) is 0 Å². The van der Waals surface area contributed by atoms with Crippen molar-refractivity contribution in [2.45, 2.75) is 24.8 Å². The van der Waals surface area contributed by atoms with Crippen molar-refractivity contribution in [3.8, 4) is 0 Å². The third-order valence-electron chi connectivity index (χ3n) is 2.30. The quantitative estimate of drug-likeness (QED) is 0.858. The number of aryl methyl sites for hydroxylation is 1. The van der Waals surface area contributed by atoms with Gasteiger partial charge in [0.05, 0.1) is 11.0 Å². The lowest BCUT2D eigenvalue weighted by molar-refractivity contribution is 0.171. The van der Waals surface area contributed by atoms with Crippen LogP contribution in [0.3, 0.4) is 0 Å². The van der Waals surface area contributed by atoms with E-state index in [0.29, 0.717) is 5.56 Å². The molecule has 1 aromatic carbocycles. The molecule has 0 fully saturated rings. The fourth-order valence-corrected chi connectivity index (χ4v) is 2.96. The highest BCUT2D eigenvalue weighted by molar-refractivity contribution is 7.89. The summed E-state index contributed by atoms with van der Waals surface area (Å²) in [5.74, 6) is 0. The van der Waals surface area contributed by atoms with Gasteiger partial charge in [0, 0.05) is 13.6 Å². The van der Waals surface area contributed by atoms with Gasteiger partial charge in [-0.15, -0.1) is 0 Å². The minimum absolute atomic E-state index is 0.0939. The van der Waals surface area contributed by atoms with Crippen LogP contribution in [0.2, 0.25) is 0 Å². The first kappa shape index (κ1) is 13.2. The first-order valence-electron chi connectivity index (χ1n) is 5.05. The lowest BCUT2D eigenvalue weighted by Crippen LogP contribution is -2.33. The first-order valence-corrected chi connectivity index (χ1v) is 6.49. The van der Waals surface area contributed by atoms with Crippen molar-refractivity contribution in [2.75, 3.05) is 13.6 Å². The maximum absolute atomic E-state index is 12.1. The van der Waals surface area contributed by atoms with Crippen LogP contribution >= 0.6 is 0 Å². The molecule has 5 heteroatoms. The Hall–Kier alpha value is -0.910. The number of nitrogens with zero attached hydrogens (tertiary/aromatic N) is 1. The highest BCUT2D eigenvalue weighted by Gasteiger charge is 2.22. The van der Waals surface area contributed by atoms with Gasteiger partial charge in [0.25, 0.3) is 0 Å². The minimum atomic E-state index is -3.49. The molecule has 0 amide bonds. The van der Waals surface area contributed by atoms with Crippen molar-refractivity contribution in [1.82, 2.24) is 4.31 Å². The molecule has 1 atom stereocenters. The van der Waals surface area contributed by atoms with Crippen molar-refractivity contribution in [2.24, 2.45) is 0 Å². The molecule has 1 N–H and O–H groups in total. The number of hydrogen-bond acceptors (Lipinski definition) is 3. The molecular formula is C11H17NO3S. The molecule has 0 radical (unpaired) electrons. The molecule has 4 nitrogen and oxygen atoms in total. The number of aliphatic hydroxyl groups is 1. The topological polar surface area (TPSA) is 57.6 Å². The highest BCUT2D eigenvalue weighted by atomic mass is 32.2. The largest absolute Gasteiger partial charge is 0.392 e. The average molecular weight is 243 g/mol. The number of sulfonamides is 1. The molecular weight excluding hydrogens is 226 g/mol. The van der Waals surface area contributed by atoms with E-state index in [0.717, 1.165) is 0 Å². The number of rotatable bonds is 4. The minimum Gasteiger partial charge on any atom is -0.392 e. The summed E-state index contributed by atoms with van der Waals surface area (Å²) in [4.78, 5) is 0.290. The zero-order chi connectivity index (χ0) is 12.3. The SMILES string of the molecule is Cc1ccccc1S(=O)(=O)N(C)CC(C)O. The lowest BCUT2D eigenvalue weighted by Gasteiger charge is -2.19. The molecule has 0 bridgehead atoms. The molecule has 0 heterocycles. The standard InChI is InChI=1S/C11H17NO3S/c1-9-6-4-5-7-11(9)16(14,15)12(3)8-10(2)13/h4-7,10,13H,8H2,1-3H3. The van der Waals surface area contributed by atoms with E-state index in [4.69, 9.17) is 0 Å². The second-order valence-corrected chi connectivity index (χ2v) is 5.91. The van der Waals surface area contributed by atoms with Crippen molar-refractivity contribution >= 4 is 10.0 Å². The molecule has 0 saturated carbocycles. The Labute approximate surface area is 96.6 Å². The highest BCUT2D eigenvalue weighted by Crippen LogP contribution is 2.18. The van der Waals surface area contributed by atoms with Gasteiger partial charge < -0.3 is 5.11 Å². The van der Waals surface area contributed by atoms with E-state index in [1.54, 1.807) is 38.1 Å². The molecule has 90 valence electrons. The first-order chi connectivity index (χ1) is 7.35. The summed E-state index contributed by atoms with van der Waals surface area (Å²) in [6.07, 6.45) is -0.677. The Bertz CT molecular complexity index is 454. The molecule has 0 aliphatic rings. The smallest absolute Gasteiger partial charge is 0.243 e. The van der Waals surface area contributed by atoms with E-state index in [1.165, 1.54) is 11.4 Å². The molecule has 1 unspecified atom stereocenters. The fraction of sp³-hybridized carbons (Fsp3) is 0.455. The predicted octanol–water partition coefficient (Wildman–Crippen LogP) is 0.996. The van der Waals surface area contributed by atoms with Gasteiger partial charge in [0.15, 0.2) is 0 Å². The Balaban J connectivity index is 3.08. The van der Waals surface area contributed by atoms with Crippen LogP contribution < -0.4 is 0 Å². The van der Waals surface area contributed by atoms with Crippen LogP contribution in [0.25, 0.3) is 0 Å². The Morgan fingerprint density at radius 3 is 2.44 bits per heavy atom. The molecule has 0 spiro atoms. The number of benzene rings is 1. The molecule has 0 aliphatic carbocycles. The summed E-state index contributed by atoms with van der Waals surface area (Å²) in [5, 5.41) is 9.20. The van der Waals surface area contributed by atoms with Crippen molar-refractivity contribution in [1.29, 1.82) is 0 Å². The Kier molecular flexibility index (Phi) is 4.07. The van der Waals surface area contributed by atoms with Crippen molar-refractivity contribution < 1.29 is 13.5 Å². The van der Waals surface area contributed by atoms with E-state index >= 15 is 0 Å². The molecule has 1 aromatic rings. The van der Waals surface area contributed by atoms with E-state index in [-0.39, 0.29) is 11.4 Å². The lowest BCUT2D eigenvalue weighted by atomic mass is 10.2. The molecule has 0 aliphatic heterocycles. The number of likely N-dealkylation sites (N-methyl/N-ethyl adjacent to an activating group) is 1. The van der Waals surface area contributed by atoms with E-state index < -0.39 is 16.1 Å². The van der Waals surface area contributed by atoms with Gasteiger partial charge in [-0.25, -0.2) is 8.42 Å². The van der Waals surface area contributed by atoms with Gasteiger partial charge in [-0.1, -0.05) is 18.2 Å². The van der Waals surface area contributed by atoms with Crippen LogP contribution in [0.15, 0.2) is 29.2 Å². The monoisotopic (exact) mass is 243 g/mol. The van der Waals surface area contributed by atoms with Crippen LogP contribution in [0, 0.1) is 6.92 Å². The van der Waals surface area contributed by atoms with Gasteiger partial charge in [-0.05, 0) is 25.5 Å². The summed E-state index contributed by atoms with van der Waals surface area (Å²) in [5.41, 5.74) is 0.708. The van der Waals surface area contributed by atoms with E-state index in [1.807, 2.05) is 0 Å². The summed E-state index contributed by atoms with van der Waals surface area (Å²) in [7, 11) is -2.02. The predicted molar refractivity (Wildman–Crippen MR) is 62.7 cm³/mol. The van der Waals surface area contributed by atoms with Crippen molar-refractivity contribution in [3.63, 3.8) is 0 Å². The normalized spacial score (nSPS) is 14.1. The molecule has 16 heavy (non-hydrogen) atoms. The maximum Gasteiger partial charge on any atom is 0.243 e. The van der Waals surface area contributed by atoms with Gasteiger partial charge in [0.2, 0.25) is 10.0 Å². The van der Waals surface area contributed by atoms with Crippen LogP contribution in [0.4, 0.5) is 0 Å². The third-order valence-corrected chi connectivity index (χ3v) is 4.29. The van der Waals surface area contributed by atoms with E-state index in [9.17, 15) is 13.5 Å². The molecule has 1 rings (SSSR count). The Morgan fingerprint density at radius 1 is 1.38 bits per heavy atom. The van der Waals surface area contributed by atoms with Gasteiger partial charge in [-0.2, -0.15) is 4.31 Å². The second-order valence-electron chi connectivity index (χ2n) is 3.90. The number of aliphatic hydroxyl groups excluding tert-OH is 1. The number of hydrogen-bond donors (Lipinski definition) is 1. The van der Waals surface area contributed by atoms with Gasteiger partial charge >= 0.3 is 0 Å². The zero-order valence-corrected chi connectivity index (χ0v) is 10.5. The van der Waals surface area contributed by atoms with Crippen LogP contribution in [0.5, 0.6) is 0 Å². The van der Waals surface area contributed by atoms with Gasteiger partial charge in [0.1, 0.15) is 0 Å². The maximum atomic E-state index is 12.1. The van der Waals surface area contributed by atoms with Crippen LogP contribution in [-0.2, 0) is 10.0 Å². The van der Waals surface area contributed by atoms with Crippen LogP contribution in [0.1, 0.15) is 12.5 Å². The van der Waals surface area contributed by atoms with Crippen LogP contribution in [-0.4, -0.2) is 37.5 Å². The summed E-state index contributed by atoms with van der Waals surface area (Å²) >= 11 is 0. The molecule has 0 aromatic heterocycles. The van der Waals surface area contributed by atoms with Crippen molar-refractivity contribution in [3.05, 3.63) is 29.8 Å². The second kappa shape index (κ2) is 4.95. The Morgan fingerprint density at radius 2 is 1.94 bits per heavy atom. The third kappa shape index (κ3) is 2.81. The zero-order valence-electron chi connectivity index (χ0n) is 9.71. The summed E-state index contributed by atoms with van der Waals surface area (Å²) in [6, 6.07) is 6.81. The summed E-state index contributed by atoms with van der Waals surface area (Å²) < 4.78 is 25.4. The average Bonchev–Trinajstić information content (AvgIpc) is 2.16.